The third kappa shape index (κ3) is 33.9. The second-order valence-electron chi connectivity index (χ2n) is 21.5. The lowest BCUT2D eigenvalue weighted by Gasteiger charge is -2.29. The number of nitrogens with one attached hydrogen (secondary N) is 1. The Balaban J connectivity index is 1.30. The molecule has 1 aliphatic rings. The topological polar surface area (TPSA) is 255 Å². The summed E-state index contributed by atoms with van der Waals surface area (Å²) in [5.41, 5.74) is 1.46. The summed E-state index contributed by atoms with van der Waals surface area (Å²) in [6.45, 7) is 20.4. The second kappa shape index (κ2) is 45.0. The van der Waals surface area contributed by atoms with Crippen LogP contribution in [0.4, 0.5) is 0 Å². The van der Waals surface area contributed by atoms with E-state index >= 15 is 0 Å². The van der Waals surface area contributed by atoms with Gasteiger partial charge in [0.25, 0.3) is 11.8 Å². The van der Waals surface area contributed by atoms with Gasteiger partial charge < -0.3 is 71.7 Å². The van der Waals surface area contributed by atoms with Gasteiger partial charge in [-0.25, -0.2) is 0 Å². The van der Waals surface area contributed by atoms with E-state index in [0.717, 1.165) is 22.6 Å². The van der Waals surface area contributed by atoms with E-state index in [1.54, 1.807) is 90.3 Å². The number of amides is 3. The number of ketones is 3. The van der Waals surface area contributed by atoms with Crippen molar-refractivity contribution >= 4 is 41.0 Å². The highest BCUT2D eigenvalue weighted by Crippen LogP contribution is 2.25. The Kier molecular flexibility index (Phi) is 39.1. The number of unbranched alkanes of at least 4 members (excludes halogenated alkanes) is 1. The largest absolute Gasteiger partial charge is 0.491 e. The van der Waals surface area contributed by atoms with Gasteiger partial charge in [-0.1, -0.05) is 56.7 Å². The van der Waals surface area contributed by atoms with Crippen LogP contribution in [-0.2, 0) is 110 Å². The maximum absolute atomic E-state index is 14.3. The zero-order valence-electron chi connectivity index (χ0n) is 51.4. The van der Waals surface area contributed by atoms with Gasteiger partial charge in [-0.2, -0.15) is 0 Å². The molecule has 0 aromatic heterocycles. The Morgan fingerprint density at radius 3 is 1.35 bits per heavy atom. The van der Waals surface area contributed by atoms with E-state index in [9.17, 15) is 33.6 Å². The summed E-state index contributed by atoms with van der Waals surface area (Å²) >= 11 is 0. The van der Waals surface area contributed by atoms with E-state index in [-0.39, 0.29) is 62.4 Å². The quantitative estimate of drug-likeness (QED) is 0.0489. The van der Waals surface area contributed by atoms with Gasteiger partial charge in [0.1, 0.15) is 30.8 Å². The van der Waals surface area contributed by atoms with Crippen LogP contribution in [0.1, 0.15) is 90.3 Å². The van der Waals surface area contributed by atoms with Crippen molar-refractivity contribution in [3.8, 4) is 5.75 Å². The van der Waals surface area contributed by atoms with E-state index in [1.165, 1.54) is 6.92 Å². The number of methoxy groups -OCH3 is 1. The van der Waals surface area contributed by atoms with E-state index in [2.05, 4.69) is 5.32 Å². The lowest BCUT2D eigenvalue weighted by Crippen LogP contribution is -2.49. The van der Waals surface area contributed by atoms with Crippen LogP contribution in [-0.4, -0.2) is 210 Å². The lowest BCUT2D eigenvalue weighted by atomic mass is 9.86. The molecule has 0 saturated carbocycles. The highest BCUT2D eigenvalue weighted by Gasteiger charge is 2.39. The number of esters is 1. The third-order valence-corrected chi connectivity index (χ3v) is 13.1. The number of carbonyl (C=O) groups is 7. The van der Waals surface area contributed by atoms with Crippen LogP contribution in [0.2, 0.25) is 0 Å². The molecule has 0 unspecified atom stereocenters. The fourth-order valence-corrected chi connectivity index (χ4v) is 8.20. The summed E-state index contributed by atoms with van der Waals surface area (Å²) in [4.78, 5) is 93.3. The van der Waals surface area contributed by atoms with E-state index in [4.69, 9.17) is 61.6 Å². The monoisotopic (exact) mass is 1200 g/mol. The Morgan fingerprint density at radius 2 is 0.941 bits per heavy atom. The smallest absolute Gasteiger partial charge is 0.311 e. The summed E-state index contributed by atoms with van der Waals surface area (Å²) < 4.78 is 71.2. The third-order valence-electron chi connectivity index (χ3n) is 13.1. The molecule has 85 heavy (non-hydrogen) atoms. The number of rotatable bonds is 53. The fourth-order valence-electron chi connectivity index (χ4n) is 8.20. The summed E-state index contributed by atoms with van der Waals surface area (Å²) in [7, 11) is 1.63. The van der Waals surface area contributed by atoms with Crippen molar-refractivity contribution in [1.82, 2.24) is 10.2 Å². The maximum atomic E-state index is 14.3. The number of benzene rings is 2. The summed E-state index contributed by atoms with van der Waals surface area (Å²) in [6.07, 6.45) is 3.59. The van der Waals surface area contributed by atoms with Gasteiger partial charge in [0.2, 0.25) is 5.91 Å². The SMILES string of the molecule is COCCOCCOCCOCCOCCOCCOCCOCCOCCOCCOCCOc1ccc(C[C@@H](C(=O)C[C@H](C(=O)N[C@@H](CCCCC(C)=O)C(=O)Cc2ccc(COC(=O)C(C)(C)C)cc2)C(C)C)N2C(=O)C=CC2=O)cc1. The first-order chi connectivity index (χ1) is 41.0. The molecular formula is C63H96N2O20. The standard InChI is InChI=1S/C63H96N2O20/c1-48(2)54(61(71)64-55(11-9-8-10-49(3)66)57(67)45-51-12-14-52(15-13-51)47-85-62(72)63(4,5)6)46-58(68)56(65-59(69)20-21-60(65)70)44-50-16-18-53(19-17-50)84-43-42-83-41-40-82-39-38-81-37-36-80-35-34-79-33-32-78-31-30-77-29-28-76-27-26-75-25-24-74-23-22-73-7/h12-21,48,54-56H,8-11,22-47H2,1-7H3,(H,64,71)/t54-,55-,56-/m0/s1. The van der Waals surface area contributed by atoms with Crippen molar-refractivity contribution in [2.75, 3.05) is 152 Å². The van der Waals surface area contributed by atoms with Crippen LogP contribution in [0.15, 0.2) is 60.7 Å². The van der Waals surface area contributed by atoms with Gasteiger partial charge in [0, 0.05) is 50.9 Å². The second-order valence-corrected chi connectivity index (χ2v) is 21.5. The summed E-state index contributed by atoms with van der Waals surface area (Å²) in [5, 5.41) is 2.92. The van der Waals surface area contributed by atoms with Crippen LogP contribution in [0.25, 0.3) is 0 Å². The Bertz CT molecular complexity index is 2220. The average molecular weight is 1200 g/mol. The average Bonchev–Trinajstić information content (AvgIpc) is 4.09. The minimum Gasteiger partial charge on any atom is -0.491 e. The normalized spacial score (nSPS) is 13.6. The predicted molar refractivity (Wildman–Crippen MR) is 314 cm³/mol. The highest BCUT2D eigenvalue weighted by molar-refractivity contribution is 6.15. The zero-order chi connectivity index (χ0) is 61.9. The Morgan fingerprint density at radius 1 is 0.529 bits per heavy atom. The highest BCUT2D eigenvalue weighted by atomic mass is 16.6. The van der Waals surface area contributed by atoms with E-state index < -0.39 is 46.9 Å². The van der Waals surface area contributed by atoms with Crippen molar-refractivity contribution in [2.45, 2.75) is 105 Å². The molecule has 3 atom stereocenters. The van der Waals surface area contributed by atoms with Crippen molar-refractivity contribution in [2.24, 2.45) is 17.3 Å². The van der Waals surface area contributed by atoms with Gasteiger partial charge in [0.05, 0.1) is 150 Å². The predicted octanol–water partition coefficient (Wildman–Crippen LogP) is 5.48. The molecule has 2 aromatic rings. The molecule has 1 heterocycles. The first-order valence-corrected chi connectivity index (χ1v) is 29.6. The molecule has 0 bridgehead atoms. The molecule has 0 fully saturated rings. The zero-order valence-corrected chi connectivity index (χ0v) is 51.4. The van der Waals surface area contributed by atoms with Gasteiger partial charge in [0.15, 0.2) is 11.6 Å². The van der Waals surface area contributed by atoms with Crippen molar-refractivity contribution in [1.29, 1.82) is 0 Å². The summed E-state index contributed by atoms with van der Waals surface area (Å²) in [6, 6.07) is 11.9. The number of hydrogen-bond donors (Lipinski definition) is 1. The number of hydrogen-bond acceptors (Lipinski definition) is 20. The lowest BCUT2D eigenvalue weighted by molar-refractivity contribution is -0.154. The van der Waals surface area contributed by atoms with Gasteiger partial charge in [-0.05, 0) is 75.3 Å². The molecule has 0 aliphatic carbocycles. The number of imide groups is 1. The molecular weight excluding hydrogens is 1100 g/mol. The molecule has 0 spiro atoms. The van der Waals surface area contributed by atoms with Crippen LogP contribution in [0.3, 0.4) is 0 Å². The molecule has 22 nitrogen and oxygen atoms in total. The number of nitrogens with zero attached hydrogens (tertiary/aromatic N) is 1. The van der Waals surface area contributed by atoms with Crippen LogP contribution in [0.5, 0.6) is 5.75 Å². The number of ether oxygens (including phenoxy) is 13. The fraction of sp³-hybridized carbons (Fsp3) is 0.667. The van der Waals surface area contributed by atoms with E-state index in [1.807, 2.05) is 0 Å². The minimum atomic E-state index is -1.21. The van der Waals surface area contributed by atoms with Crippen molar-refractivity contribution < 1.29 is 95.1 Å². The molecule has 22 heteroatoms. The summed E-state index contributed by atoms with van der Waals surface area (Å²) in [5.74, 6) is -3.53. The molecule has 1 N–H and O–H groups in total. The van der Waals surface area contributed by atoms with Crippen LogP contribution < -0.4 is 10.1 Å². The van der Waals surface area contributed by atoms with Gasteiger partial charge in [-0.3, -0.25) is 33.7 Å². The number of Topliss-reactive ketones (excluding diaryl/α,β-unsaturated/α-hetero) is 3. The van der Waals surface area contributed by atoms with Crippen molar-refractivity contribution in [3.05, 3.63) is 77.4 Å². The minimum absolute atomic E-state index is 0.00240. The number of carbonyl (C=O) groups excluding carboxylic acids is 7. The first-order valence-electron chi connectivity index (χ1n) is 29.6. The van der Waals surface area contributed by atoms with Crippen molar-refractivity contribution in [3.63, 3.8) is 0 Å². The molecule has 2 aromatic carbocycles. The van der Waals surface area contributed by atoms with E-state index in [0.29, 0.717) is 175 Å². The van der Waals surface area contributed by atoms with Gasteiger partial charge in [-0.15, -0.1) is 0 Å². The maximum Gasteiger partial charge on any atom is 0.311 e. The van der Waals surface area contributed by atoms with Gasteiger partial charge >= 0.3 is 5.97 Å². The first kappa shape index (κ1) is 73.9. The molecule has 478 valence electrons. The molecule has 3 rings (SSSR count). The molecule has 0 saturated heterocycles. The molecule has 0 radical (unpaired) electrons. The van der Waals surface area contributed by atoms with Crippen LogP contribution in [0, 0.1) is 17.3 Å². The molecule has 3 amide bonds. The Hall–Kier alpha value is -5.37. The van der Waals surface area contributed by atoms with Crippen LogP contribution >= 0.6 is 0 Å². The Labute approximate surface area is 502 Å². The molecule has 1 aliphatic heterocycles.